The molecular weight excluding hydrogens is 294 g/mol. The van der Waals surface area contributed by atoms with E-state index in [0.717, 1.165) is 23.4 Å². The minimum absolute atomic E-state index is 0.00881. The molecular formula is C17H21N3O3. The Morgan fingerprint density at radius 1 is 1.26 bits per heavy atom. The average molecular weight is 315 g/mol. The van der Waals surface area contributed by atoms with Crippen LogP contribution in [0.25, 0.3) is 0 Å². The summed E-state index contributed by atoms with van der Waals surface area (Å²) in [5, 5.41) is 2.93. The highest BCUT2D eigenvalue weighted by atomic mass is 16.5. The fourth-order valence-corrected chi connectivity index (χ4v) is 3.12. The van der Waals surface area contributed by atoms with Crippen molar-refractivity contribution in [3.63, 3.8) is 0 Å². The summed E-state index contributed by atoms with van der Waals surface area (Å²) in [6.07, 6.45) is 0.893. The van der Waals surface area contributed by atoms with Crippen LogP contribution in [0.2, 0.25) is 0 Å². The van der Waals surface area contributed by atoms with Crippen molar-refractivity contribution < 1.29 is 14.3 Å². The largest absolute Gasteiger partial charge is 0.497 e. The highest BCUT2D eigenvalue weighted by Gasteiger charge is 2.42. The third-order valence-electron chi connectivity index (χ3n) is 4.38. The van der Waals surface area contributed by atoms with Gasteiger partial charge in [-0.2, -0.15) is 0 Å². The minimum atomic E-state index is -0.408. The molecule has 0 saturated heterocycles. The first-order chi connectivity index (χ1) is 11.1. The van der Waals surface area contributed by atoms with E-state index < -0.39 is 6.04 Å². The van der Waals surface area contributed by atoms with Gasteiger partial charge in [-0.1, -0.05) is 19.1 Å². The summed E-state index contributed by atoms with van der Waals surface area (Å²) in [6.45, 7) is 3.24. The number of hydrogen-bond acceptors (Lipinski definition) is 3. The second kappa shape index (κ2) is 5.95. The number of carbonyl (C=O) groups is 2. The van der Waals surface area contributed by atoms with Crippen LogP contribution in [0.5, 0.6) is 5.75 Å². The number of benzene rings is 1. The molecule has 1 N–H and O–H groups in total. The van der Waals surface area contributed by atoms with Gasteiger partial charge in [-0.05, 0) is 24.1 Å². The van der Waals surface area contributed by atoms with Gasteiger partial charge in [-0.15, -0.1) is 0 Å². The smallest absolute Gasteiger partial charge is 0.322 e. The Bertz CT molecular complexity index is 666. The van der Waals surface area contributed by atoms with Crippen LogP contribution in [-0.2, 0) is 4.79 Å². The van der Waals surface area contributed by atoms with Crippen molar-refractivity contribution in [2.45, 2.75) is 19.4 Å². The lowest BCUT2D eigenvalue weighted by molar-refractivity contribution is -0.125. The molecule has 0 aliphatic carbocycles. The van der Waals surface area contributed by atoms with Crippen LogP contribution in [-0.4, -0.2) is 49.0 Å². The number of amides is 3. The van der Waals surface area contributed by atoms with Crippen molar-refractivity contribution in [2.75, 3.05) is 27.2 Å². The Morgan fingerprint density at radius 3 is 2.57 bits per heavy atom. The van der Waals surface area contributed by atoms with E-state index in [9.17, 15) is 9.59 Å². The molecule has 23 heavy (non-hydrogen) atoms. The SMILES string of the molecule is CCCN1CC2=C(C1=O)[C@H](c1ccc(OC)cc1)NC(=O)N2C. The zero-order valence-corrected chi connectivity index (χ0v) is 13.6. The van der Waals surface area contributed by atoms with Crippen LogP contribution in [0.4, 0.5) is 4.79 Å². The summed E-state index contributed by atoms with van der Waals surface area (Å²) < 4.78 is 5.17. The molecule has 0 aromatic heterocycles. The summed E-state index contributed by atoms with van der Waals surface area (Å²) in [5.74, 6) is 0.752. The van der Waals surface area contributed by atoms with E-state index in [1.807, 2.05) is 31.2 Å². The topological polar surface area (TPSA) is 61.9 Å². The average Bonchev–Trinajstić information content (AvgIpc) is 2.89. The van der Waals surface area contributed by atoms with Gasteiger partial charge in [0.25, 0.3) is 5.91 Å². The van der Waals surface area contributed by atoms with E-state index in [2.05, 4.69) is 5.32 Å². The molecule has 2 aliphatic heterocycles. The molecule has 3 rings (SSSR count). The van der Waals surface area contributed by atoms with Crippen LogP contribution in [0.15, 0.2) is 35.5 Å². The molecule has 0 fully saturated rings. The van der Waals surface area contributed by atoms with Gasteiger partial charge in [0, 0.05) is 13.6 Å². The molecule has 3 amide bonds. The molecule has 0 bridgehead atoms. The van der Waals surface area contributed by atoms with Gasteiger partial charge in [-0.3, -0.25) is 9.69 Å². The molecule has 0 saturated carbocycles. The monoisotopic (exact) mass is 315 g/mol. The summed E-state index contributed by atoms with van der Waals surface area (Å²) in [5.41, 5.74) is 2.35. The first kappa shape index (κ1) is 15.4. The van der Waals surface area contributed by atoms with Gasteiger partial charge < -0.3 is 15.0 Å². The standard InChI is InChI=1S/C17H21N3O3/c1-4-9-20-10-13-14(16(20)21)15(18-17(22)19(13)2)11-5-7-12(23-3)8-6-11/h5-8,15H,4,9-10H2,1-3H3,(H,18,22)/t15-/m0/s1. The Morgan fingerprint density at radius 2 is 1.96 bits per heavy atom. The van der Waals surface area contributed by atoms with Gasteiger partial charge in [0.05, 0.1) is 31.0 Å². The molecule has 6 nitrogen and oxygen atoms in total. The van der Waals surface area contributed by atoms with Gasteiger partial charge in [0.2, 0.25) is 0 Å². The van der Waals surface area contributed by atoms with Crippen molar-refractivity contribution in [1.82, 2.24) is 15.1 Å². The number of hydrogen-bond donors (Lipinski definition) is 1. The number of rotatable bonds is 4. The summed E-state index contributed by atoms with van der Waals surface area (Å²) >= 11 is 0. The van der Waals surface area contributed by atoms with Crippen molar-refractivity contribution >= 4 is 11.9 Å². The quantitative estimate of drug-likeness (QED) is 0.923. The summed E-state index contributed by atoms with van der Waals surface area (Å²) in [7, 11) is 3.31. The third-order valence-corrected chi connectivity index (χ3v) is 4.38. The maximum atomic E-state index is 12.8. The summed E-state index contributed by atoms with van der Waals surface area (Å²) in [6, 6.07) is 6.85. The lowest BCUT2D eigenvalue weighted by Crippen LogP contribution is -2.45. The molecule has 0 spiro atoms. The van der Waals surface area contributed by atoms with Crippen LogP contribution < -0.4 is 10.1 Å². The second-order valence-electron chi connectivity index (χ2n) is 5.80. The van der Waals surface area contributed by atoms with Gasteiger partial charge >= 0.3 is 6.03 Å². The molecule has 0 radical (unpaired) electrons. The zero-order chi connectivity index (χ0) is 16.6. The first-order valence-electron chi connectivity index (χ1n) is 7.77. The lowest BCUT2D eigenvalue weighted by Gasteiger charge is -2.31. The van der Waals surface area contributed by atoms with Crippen LogP contribution in [0.1, 0.15) is 24.9 Å². The molecule has 122 valence electrons. The van der Waals surface area contributed by atoms with E-state index >= 15 is 0 Å². The van der Waals surface area contributed by atoms with Gasteiger partial charge in [0.1, 0.15) is 5.75 Å². The third kappa shape index (κ3) is 2.54. The van der Waals surface area contributed by atoms with Crippen molar-refractivity contribution in [1.29, 1.82) is 0 Å². The van der Waals surface area contributed by atoms with E-state index in [0.29, 0.717) is 18.7 Å². The minimum Gasteiger partial charge on any atom is -0.497 e. The lowest BCUT2D eigenvalue weighted by atomic mass is 9.95. The molecule has 2 aliphatic rings. The van der Waals surface area contributed by atoms with E-state index in [4.69, 9.17) is 4.74 Å². The molecule has 6 heteroatoms. The Hall–Kier alpha value is -2.50. The number of likely N-dealkylation sites (N-methyl/N-ethyl adjacent to an activating group) is 1. The molecule has 0 unspecified atom stereocenters. The van der Waals surface area contributed by atoms with Crippen molar-refractivity contribution in [3.8, 4) is 5.75 Å². The molecule has 1 aromatic rings. The number of nitrogens with one attached hydrogen (secondary N) is 1. The van der Waals surface area contributed by atoms with Gasteiger partial charge in [-0.25, -0.2) is 4.79 Å². The fourth-order valence-electron chi connectivity index (χ4n) is 3.12. The normalized spacial score (nSPS) is 20.7. The molecule has 1 atom stereocenters. The van der Waals surface area contributed by atoms with Crippen molar-refractivity contribution in [3.05, 3.63) is 41.1 Å². The number of ether oxygens (including phenoxy) is 1. The zero-order valence-electron chi connectivity index (χ0n) is 13.6. The Balaban J connectivity index is 1.99. The van der Waals surface area contributed by atoms with Crippen molar-refractivity contribution in [2.24, 2.45) is 0 Å². The predicted molar refractivity (Wildman–Crippen MR) is 85.9 cm³/mol. The van der Waals surface area contributed by atoms with Crippen LogP contribution in [0, 0.1) is 0 Å². The summed E-state index contributed by atoms with van der Waals surface area (Å²) in [4.78, 5) is 28.3. The van der Waals surface area contributed by atoms with Gasteiger partial charge in [0.15, 0.2) is 0 Å². The number of nitrogens with zero attached hydrogens (tertiary/aromatic N) is 2. The molecule has 2 heterocycles. The predicted octanol–water partition coefficient (Wildman–Crippen LogP) is 1.90. The highest BCUT2D eigenvalue weighted by molar-refractivity contribution is 6.01. The molecule has 1 aromatic carbocycles. The number of carbonyl (C=O) groups excluding carboxylic acids is 2. The number of methoxy groups -OCH3 is 1. The Kier molecular flexibility index (Phi) is 3.98. The van der Waals surface area contributed by atoms with Crippen LogP contribution in [0.3, 0.4) is 0 Å². The van der Waals surface area contributed by atoms with E-state index in [-0.39, 0.29) is 11.9 Å². The van der Waals surface area contributed by atoms with E-state index in [1.165, 1.54) is 0 Å². The maximum Gasteiger partial charge on any atom is 0.322 e. The second-order valence-corrected chi connectivity index (χ2v) is 5.80. The highest BCUT2D eigenvalue weighted by Crippen LogP contribution is 2.36. The van der Waals surface area contributed by atoms with Crippen LogP contribution >= 0.6 is 0 Å². The fraction of sp³-hybridized carbons (Fsp3) is 0.412. The number of urea groups is 1. The first-order valence-corrected chi connectivity index (χ1v) is 7.77. The van der Waals surface area contributed by atoms with E-state index in [1.54, 1.807) is 24.0 Å². The maximum absolute atomic E-state index is 12.8. The Labute approximate surface area is 135 Å².